The van der Waals surface area contributed by atoms with E-state index in [9.17, 15) is 18.0 Å². The maximum Gasteiger partial charge on any atom is 0.573 e. The van der Waals surface area contributed by atoms with Crippen molar-refractivity contribution < 1.29 is 27.4 Å². The molecule has 0 saturated carbocycles. The molecule has 0 N–H and O–H groups in total. The molecule has 0 radical (unpaired) electrons. The molecule has 0 aromatic heterocycles. The van der Waals surface area contributed by atoms with Crippen LogP contribution in [0.1, 0.15) is 23.2 Å². The standard InChI is InChI=1S/C14H16F3NO3/c1-20-9-11-5-3-7-18(11)13(19)10-4-2-6-12(8-10)21-14(15,16)17/h2,4,6,8,11H,3,5,7,9H2,1H3/t11-/m1/s1. The molecule has 1 saturated heterocycles. The van der Waals surface area contributed by atoms with E-state index in [1.165, 1.54) is 18.2 Å². The number of benzene rings is 1. The van der Waals surface area contributed by atoms with Gasteiger partial charge in [-0.3, -0.25) is 4.79 Å². The van der Waals surface area contributed by atoms with Crippen LogP contribution in [0.25, 0.3) is 0 Å². The van der Waals surface area contributed by atoms with E-state index in [1.807, 2.05) is 0 Å². The predicted molar refractivity (Wildman–Crippen MR) is 69.1 cm³/mol. The number of rotatable bonds is 4. The highest BCUT2D eigenvalue weighted by molar-refractivity contribution is 5.95. The number of hydrogen-bond donors (Lipinski definition) is 0. The molecule has 1 aromatic rings. The van der Waals surface area contributed by atoms with Crippen molar-refractivity contribution in [2.24, 2.45) is 0 Å². The van der Waals surface area contributed by atoms with Gasteiger partial charge in [0.25, 0.3) is 5.91 Å². The summed E-state index contributed by atoms with van der Waals surface area (Å²) in [5.74, 6) is -0.696. The number of ether oxygens (including phenoxy) is 2. The van der Waals surface area contributed by atoms with E-state index in [4.69, 9.17) is 4.74 Å². The Balaban J connectivity index is 2.14. The van der Waals surface area contributed by atoms with Crippen molar-refractivity contribution in [3.8, 4) is 5.75 Å². The minimum Gasteiger partial charge on any atom is -0.406 e. The van der Waals surface area contributed by atoms with Gasteiger partial charge < -0.3 is 14.4 Å². The highest BCUT2D eigenvalue weighted by Crippen LogP contribution is 2.25. The first kappa shape index (κ1) is 15.6. The van der Waals surface area contributed by atoms with Crippen LogP contribution in [0.2, 0.25) is 0 Å². The minimum absolute atomic E-state index is 0.0327. The Bertz CT molecular complexity index is 504. The Morgan fingerprint density at radius 2 is 2.19 bits per heavy atom. The normalized spacial score (nSPS) is 18.9. The maximum atomic E-state index is 12.4. The zero-order valence-electron chi connectivity index (χ0n) is 11.5. The third-order valence-corrected chi connectivity index (χ3v) is 3.31. The van der Waals surface area contributed by atoms with Gasteiger partial charge in [-0.1, -0.05) is 6.07 Å². The fourth-order valence-electron chi connectivity index (χ4n) is 2.46. The number of hydrogen-bond acceptors (Lipinski definition) is 3. The molecular weight excluding hydrogens is 287 g/mol. The van der Waals surface area contributed by atoms with Crippen LogP contribution >= 0.6 is 0 Å². The molecule has 4 nitrogen and oxygen atoms in total. The largest absolute Gasteiger partial charge is 0.573 e. The highest BCUT2D eigenvalue weighted by Gasteiger charge is 2.32. The van der Waals surface area contributed by atoms with Crippen molar-refractivity contribution in [3.63, 3.8) is 0 Å². The first-order valence-electron chi connectivity index (χ1n) is 6.56. The molecule has 1 aliphatic heterocycles. The lowest BCUT2D eigenvalue weighted by Crippen LogP contribution is -2.38. The van der Waals surface area contributed by atoms with Crippen molar-refractivity contribution in [1.82, 2.24) is 4.90 Å². The lowest BCUT2D eigenvalue weighted by Gasteiger charge is -2.24. The molecule has 0 aliphatic carbocycles. The van der Waals surface area contributed by atoms with E-state index in [0.29, 0.717) is 13.2 Å². The zero-order chi connectivity index (χ0) is 15.5. The number of nitrogens with zero attached hydrogens (tertiary/aromatic N) is 1. The van der Waals surface area contributed by atoms with E-state index in [1.54, 1.807) is 12.0 Å². The first-order valence-corrected chi connectivity index (χ1v) is 6.56. The van der Waals surface area contributed by atoms with Crippen LogP contribution in [0.3, 0.4) is 0 Å². The summed E-state index contributed by atoms with van der Waals surface area (Å²) in [6.45, 7) is 1.00. The van der Waals surface area contributed by atoms with E-state index in [2.05, 4.69) is 4.74 Å². The van der Waals surface area contributed by atoms with E-state index >= 15 is 0 Å². The molecule has 1 aromatic carbocycles. The second kappa shape index (κ2) is 6.34. The lowest BCUT2D eigenvalue weighted by molar-refractivity contribution is -0.274. The summed E-state index contributed by atoms with van der Waals surface area (Å²) >= 11 is 0. The van der Waals surface area contributed by atoms with Crippen LogP contribution in [0.4, 0.5) is 13.2 Å². The van der Waals surface area contributed by atoms with Crippen molar-refractivity contribution in [2.45, 2.75) is 25.2 Å². The average Bonchev–Trinajstić information content (AvgIpc) is 2.85. The predicted octanol–water partition coefficient (Wildman–Crippen LogP) is 2.84. The highest BCUT2D eigenvalue weighted by atomic mass is 19.4. The van der Waals surface area contributed by atoms with Gasteiger partial charge in [0.2, 0.25) is 0 Å². The third kappa shape index (κ3) is 4.10. The number of halogens is 3. The summed E-state index contributed by atoms with van der Waals surface area (Å²) in [4.78, 5) is 14.0. The van der Waals surface area contributed by atoms with Gasteiger partial charge in [-0.15, -0.1) is 13.2 Å². The fraction of sp³-hybridized carbons (Fsp3) is 0.500. The van der Waals surface area contributed by atoms with Crippen LogP contribution in [-0.2, 0) is 4.74 Å². The molecule has 1 fully saturated rings. The molecule has 1 atom stereocenters. The molecule has 0 bridgehead atoms. The third-order valence-electron chi connectivity index (χ3n) is 3.31. The fourth-order valence-corrected chi connectivity index (χ4v) is 2.46. The van der Waals surface area contributed by atoms with Gasteiger partial charge in [0.1, 0.15) is 5.75 Å². The molecule has 2 rings (SSSR count). The van der Waals surface area contributed by atoms with Crippen LogP contribution in [-0.4, -0.2) is 43.5 Å². The van der Waals surface area contributed by atoms with Gasteiger partial charge in [0, 0.05) is 19.2 Å². The lowest BCUT2D eigenvalue weighted by atomic mass is 10.1. The topological polar surface area (TPSA) is 38.8 Å². The molecule has 0 spiro atoms. The Morgan fingerprint density at radius 1 is 1.43 bits per heavy atom. The van der Waals surface area contributed by atoms with Gasteiger partial charge in [0.15, 0.2) is 0 Å². The molecule has 1 amide bonds. The van der Waals surface area contributed by atoms with Crippen LogP contribution in [0.15, 0.2) is 24.3 Å². The van der Waals surface area contributed by atoms with Gasteiger partial charge in [-0.2, -0.15) is 0 Å². The Morgan fingerprint density at radius 3 is 2.86 bits per heavy atom. The van der Waals surface area contributed by atoms with Gasteiger partial charge >= 0.3 is 6.36 Å². The molecule has 21 heavy (non-hydrogen) atoms. The van der Waals surface area contributed by atoms with Gasteiger partial charge in [-0.05, 0) is 31.0 Å². The average molecular weight is 303 g/mol. The minimum atomic E-state index is -4.77. The second-order valence-corrected chi connectivity index (χ2v) is 4.83. The SMILES string of the molecule is COC[C@H]1CCCN1C(=O)c1cccc(OC(F)(F)F)c1. The Hall–Kier alpha value is -1.76. The molecule has 116 valence electrons. The summed E-state index contributed by atoms with van der Waals surface area (Å²) in [7, 11) is 1.55. The summed E-state index contributed by atoms with van der Waals surface area (Å²) in [6, 6.07) is 5.09. The molecule has 7 heteroatoms. The van der Waals surface area contributed by atoms with E-state index in [0.717, 1.165) is 18.9 Å². The zero-order valence-corrected chi connectivity index (χ0v) is 11.5. The maximum absolute atomic E-state index is 12.4. The van der Waals surface area contributed by atoms with Gasteiger partial charge in [0.05, 0.1) is 12.6 Å². The number of likely N-dealkylation sites (tertiary alicyclic amines) is 1. The van der Waals surface area contributed by atoms with Crippen LogP contribution < -0.4 is 4.74 Å². The van der Waals surface area contributed by atoms with E-state index < -0.39 is 12.1 Å². The molecule has 1 aliphatic rings. The van der Waals surface area contributed by atoms with Crippen molar-refractivity contribution in [2.75, 3.05) is 20.3 Å². The number of amides is 1. The monoisotopic (exact) mass is 303 g/mol. The van der Waals surface area contributed by atoms with Crippen LogP contribution in [0.5, 0.6) is 5.75 Å². The number of alkyl halides is 3. The quantitative estimate of drug-likeness (QED) is 0.858. The molecule has 0 unspecified atom stereocenters. The number of methoxy groups -OCH3 is 1. The van der Waals surface area contributed by atoms with Crippen LogP contribution in [0, 0.1) is 0 Å². The first-order chi connectivity index (χ1) is 9.90. The summed E-state index contributed by atoms with van der Waals surface area (Å²) in [5.41, 5.74) is 0.180. The second-order valence-electron chi connectivity index (χ2n) is 4.83. The molecule has 1 heterocycles. The molecular formula is C14H16F3NO3. The Labute approximate surface area is 120 Å². The van der Waals surface area contributed by atoms with Crippen molar-refractivity contribution in [3.05, 3.63) is 29.8 Å². The van der Waals surface area contributed by atoms with Crippen molar-refractivity contribution >= 4 is 5.91 Å². The van der Waals surface area contributed by atoms with Crippen molar-refractivity contribution in [1.29, 1.82) is 0 Å². The van der Waals surface area contributed by atoms with Gasteiger partial charge in [-0.25, -0.2) is 0 Å². The van der Waals surface area contributed by atoms with E-state index in [-0.39, 0.29) is 17.5 Å². The summed E-state index contributed by atoms with van der Waals surface area (Å²) in [5, 5.41) is 0. The number of carbonyl (C=O) groups is 1. The smallest absolute Gasteiger partial charge is 0.406 e. The Kier molecular flexibility index (Phi) is 4.72. The summed E-state index contributed by atoms with van der Waals surface area (Å²) < 4.78 is 45.5. The number of carbonyl (C=O) groups excluding carboxylic acids is 1. The summed E-state index contributed by atoms with van der Waals surface area (Å²) in [6.07, 6.45) is -3.08.